The van der Waals surface area contributed by atoms with E-state index in [2.05, 4.69) is 24.5 Å². The number of hydrogen-bond acceptors (Lipinski definition) is 4. The monoisotopic (exact) mass is 570 g/mol. The van der Waals surface area contributed by atoms with E-state index in [1.54, 1.807) is 30.2 Å². The zero-order valence-electron chi connectivity index (χ0n) is 24.2. The molecule has 0 bridgehead atoms. The molecule has 2 fully saturated rings. The van der Waals surface area contributed by atoms with Crippen LogP contribution in [0.25, 0.3) is 10.8 Å². The van der Waals surface area contributed by atoms with Crippen LogP contribution in [0.5, 0.6) is 0 Å². The molecule has 4 rings (SSSR count). The highest BCUT2D eigenvalue weighted by Crippen LogP contribution is 2.32. The number of rotatable bonds is 11. The maximum atomic E-state index is 14.4. The van der Waals surface area contributed by atoms with Crippen LogP contribution in [0, 0.1) is 0 Å². The van der Waals surface area contributed by atoms with Crippen LogP contribution in [-0.2, 0) is 20.8 Å². The third kappa shape index (κ3) is 7.65. The number of fused-ring (bicyclic) bond motifs is 1. The van der Waals surface area contributed by atoms with Crippen molar-refractivity contribution in [1.29, 1.82) is 0 Å². The minimum absolute atomic E-state index is 0. The molecule has 1 saturated heterocycles. The van der Waals surface area contributed by atoms with Gasteiger partial charge in [-0.25, -0.2) is 0 Å². The maximum absolute atomic E-state index is 14.4. The molecule has 2 aromatic carbocycles. The van der Waals surface area contributed by atoms with Gasteiger partial charge in [0.1, 0.15) is 12.1 Å². The van der Waals surface area contributed by atoms with E-state index < -0.39 is 12.1 Å². The highest BCUT2D eigenvalue weighted by Gasteiger charge is 2.40. The predicted molar refractivity (Wildman–Crippen MR) is 172 cm³/mol. The fourth-order valence-corrected chi connectivity index (χ4v) is 5.66. The van der Waals surface area contributed by atoms with Crippen molar-refractivity contribution >= 4 is 28.5 Å². The lowest BCUT2D eigenvalue weighted by molar-refractivity contribution is -0.150. The van der Waals surface area contributed by atoms with Crippen LogP contribution >= 0.6 is 0 Å². The van der Waals surface area contributed by atoms with Crippen LogP contribution < -0.4 is 11.1 Å². The number of piperazine rings is 1. The van der Waals surface area contributed by atoms with E-state index in [0.29, 0.717) is 25.8 Å². The minimum Gasteiger partial charge on any atom is -0.350 e. The Hall–Kier alpha value is -3.97. The summed E-state index contributed by atoms with van der Waals surface area (Å²) in [6.07, 6.45) is 12.7. The van der Waals surface area contributed by atoms with Gasteiger partial charge >= 0.3 is 0 Å². The van der Waals surface area contributed by atoms with Crippen molar-refractivity contribution in [2.24, 2.45) is 5.73 Å². The van der Waals surface area contributed by atoms with E-state index in [-0.39, 0.29) is 36.7 Å². The molecule has 42 heavy (non-hydrogen) atoms. The highest BCUT2D eigenvalue weighted by molar-refractivity contribution is 5.96. The van der Waals surface area contributed by atoms with E-state index in [1.165, 1.54) is 11.0 Å². The Bertz CT molecular complexity index is 1370. The van der Waals surface area contributed by atoms with Gasteiger partial charge in [-0.05, 0) is 60.6 Å². The number of nitrogens with zero attached hydrogens (tertiary/aromatic N) is 2. The number of nitrogens with two attached hydrogens (primary N) is 1. The molecule has 1 aliphatic heterocycles. The van der Waals surface area contributed by atoms with E-state index in [4.69, 9.17) is 5.73 Å². The van der Waals surface area contributed by atoms with Crippen LogP contribution in [0.2, 0.25) is 0 Å². The average Bonchev–Trinajstić information content (AvgIpc) is 2.94. The summed E-state index contributed by atoms with van der Waals surface area (Å²) in [7, 11) is 1.66. The first-order valence-electron chi connectivity index (χ1n) is 14.4. The molecule has 0 radical (unpaired) electrons. The van der Waals surface area contributed by atoms with Crippen molar-refractivity contribution in [1.82, 2.24) is 15.1 Å². The molecule has 2 unspecified atom stereocenters. The van der Waals surface area contributed by atoms with Gasteiger partial charge in [0.25, 0.3) is 0 Å². The molecule has 1 saturated carbocycles. The maximum Gasteiger partial charge on any atom is 0.246 e. The van der Waals surface area contributed by atoms with Crippen LogP contribution in [-0.4, -0.2) is 64.8 Å². The molecule has 3 N–H and O–H groups in total. The Labute approximate surface area is 250 Å². The van der Waals surface area contributed by atoms with E-state index in [1.807, 2.05) is 49.4 Å². The molecule has 3 atom stereocenters. The molecule has 7 nitrogen and oxygen atoms in total. The summed E-state index contributed by atoms with van der Waals surface area (Å²) in [5.41, 5.74) is 7.84. The summed E-state index contributed by atoms with van der Waals surface area (Å²) < 4.78 is 0. The smallest absolute Gasteiger partial charge is 0.246 e. The van der Waals surface area contributed by atoms with E-state index in [9.17, 15) is 14.4 Å². The van der Waals surface area contributed by atoms with Gasteiger partial charge in [-0.2, -0.15) is 0 Å². The standard InChI is InChI=1S/C34H42N4O3.CH4/c1-5-11-25(6-2)21-29-32(40)36-24(3)23-38(29)33(41)30(22-26-15-16-27-12-7-8-13-28(27)20-26)37(4)31(39)14-9-17-34(35)18-10-19-34;/h5-9,11-16,20,24,29-30H,1-2,10,17-19,21-23,35H2,3-4H3,(H,36,40);1H4/b14-9+,25-11+;/t24?,29?,30-;/m1./s1. The number of benzene rings is 2. The molecule has 3 amide bonds. The van der Waals surface area contributed by atoms with Crippen molar-refractivity contribution in [3.05, 3.63) is 97.1 Å². The van der Waals surface area contributed by atoms with Gasteiger partial charge in [0.15, 0.2) is 0 Å². The van der Waals surface area contributed by atoms with Gasteiger partial charge in [0.2, 0.25) is 17.7 Å². The Balaban J connectivity index is 0.00000484. The number of carbonyl (C=O) groups is 3. The Morgan fingerprint density at radius 1 is 1.19 bits per heavy atom. The normalized spacial score (nSPS) is 20.7. The summed E-state index contributed by atoms with van der Waals surface area (Å²) in [5.74, 6) is -0.747. The van der Waals surface area contributed by atoms with E-state index in [0.717, 1.165) is 41.2 Å². The molecule has 1 heterocycles. The average molecular weight is 571 g/mol. The van der Waals surface area contributed by atoms with Crippen molar-refractivity contribution in [2.45, 2.75) is 76.5 Å². The lowest BCUT2D eigenvalue weighted by Gasteiger charge is -2.41. The molecule has 0 aromatic heterocycles. The molecule has 2 aromatic rings. The van der Waals surface area contributed by atoms with Crippen LogP contribution in [0.3, 0.4) is 0 Å². The van der Waals surface area contributed by atoms with Gasteiger partial charge in [0.05, 0.1) is 0 Å². The second kappa shape index (κ2) is 14.3. The number of amides is 3. The topological polar surface area (TPSA) is 95.7 Å². The molecule has 7 heteroatoms. The van der Waals surface area contributed by atoms with Gasteiger partial charge in [0, 0.05) is 38.0 Å². The molecule has 224 valence electrons. The summed E-state index contributed by atoms with van der Waals surface area (Å²) in [6, 6.07) is 12.4. The second-order valence-electron chi connectivity index (χ2n) is 11.5. The molecule has 2 aliphatic rings. The van der Waals surface area contributed by atoms with Gasteiger partial charge in [-0.3, -0.25) is 14.4 Å². The third-order valence-corrected chi connectivity index (χ3v) is 8.32. The lowest BCUT2D eigenvalue weighted by atomic mass is 9.75. The van der Waals surface area contributed by atoms with Crippen molar-refractivity contribution in [2.75, 3.05) is 13.6 Å². The lowest BCUT2D eigenvalue weighted by Crippen LogP contribution is -2.64. The summed E-state index contributed by atoms with van der Waals surface area (Å²) in [5, 5.41) is 5.14. The Kier molecular flexibility index (Phi) is 11.1. The summed E-state index contributed by atoms with van der Waals surface area (Å²) in [6.45, 7) is 9.83. The number of likely N-dealkylation sites (N-methyl/N-ethyl adjacent to an activating group) is 1. The van der Waals surface area contributed by atoms with Gasteiger partial charge < -0.3 is 20.9 Å². The van der Waals surface area contributed by atoms with Crippen molar-refractivity contribution in [3.63, 3.8) is 0 Å². The number of hydrogen-bond donors (Lipinski definition) is 2. The zero-order chi connectivity index (χ0) is 29.6. The number of nitrogens with one attached hydrogen (secondary N) is 1. The second-order valence-corrected chi connectivity index (χ2v) is 11.5. The third-order valence-electron chi connectivity index (χ3n) is 8.32. The van der Waals surface area contributed by atoms with Crippen LogP contribution in [0.15, 0.2) is 91.6 Å². The predicted octanol–water partition coefficient (Wildman–Crippen LogP) is 5.08. The first kappa shape index (κ1) is 32.5. The largest absolute Gasteiger partial charge is 0.350 e. The fourth-order valence-electron chi connectivity index (χ4n) is 5.66. The van der Waals surface area contributed by atoms with Crippen LogP contribution in [0.4, 0.5) is 0 Å². The SMILES string of the molecule is C.C=C/C=C(\C=C)CC1C(=O)NC(C)CN1C(=O)[C@@H](Cc1ccc2ccccc2c1)N(C)C(=O)/C=C/CC1(N)CCC1. The quantitative estimate of drug-likeness (QED) is 0.291. The van der Waals surface area contributed by atoms with Crippen LogP contribution in [0.1, 0.15) is 52.0 Å². The first-order chi connectivity index (χ1) is 19.6. The summed E-state index contributed by atoms with van der Waals surface area (Å²) in [4.78, 5) is 44.1. The van der Waals surface area contributed by atoms with Gasteiger partial charge in [-0.1, -0.05) is 87.4 Å². The highest BCUT2D eigenvalue weighted by atomic mass is 16.2. The Morgan fingerprint density at radius 3 is 2.55 bits per heavy atom. The number of carbonyl (C=O) groups excluding carboxylic acids is 3. The molecular weight excluding hydrogens is 524 g/mol. The van der Waals surface area contributed by atoms with Gasteiger partial charge in [-0.15, -0.1) is 0 Å². The molecule has 0 spiro atoms. The zero-order valence-corrected chi connectivity index (χ0v) is 24.2. The number of allylic oxidation sites excluding steroid dienone is 3. The van der Waals surface area contributed by atoms with Crippen molar-refractivity contribution in [3.8, 4) is 0 Å². The first-order valence-corrected chi connectivity index (χ1v) is 14.4. The van der Waals surface area contributed by atoms with Crippen molar-refractivity contribution < 1.29 is 14.4 Å². The Morgan fingerprint density at radius 2 is 1.90 bits per heavy atom. The molecule has 1 aliphatic carbocycles. The fraction of sp³-hybridized carbons (Fsp3) is 0.400. The summed E-state index contributed by atoms with van der Waals surface area (Å²) >= 11 is 0. The molecular formula is C35H46N4O3. The minimum atomic E-state index is -0.806. The van der Waals surface area contributed by atoms with E-state index >= 15 is 0 Å².